The van der Waals surface area contributed by atoms with Gasteiger partial charge < -0.3 is 20.3 Å². The van der Waals surface area contributed by atoms with Crippen LogP contribution in [0.5, 0.6) is 5.75 Å². The lowest BCUT2D eigenvalue weighted by molar-refractivity contribution is -0.143. The maximum absolute atomic E-state index is 13.4. The minimum Gasteiger partial charge on any atom is -0.458 e. The van der Waals surface area contributed by atoms with Crippen LogP contribution < -0.4 is 15.4 Å². The monoisotopic (exact) mass is 423 g/mol. The lowest BCUT2D eigenvalue weighted by atomic mass is 9.89. The number of nitrogens with zero attached hydrogens (tertiary/aromatic N) is 1. The highest BCUT2D eigenvalue weighted by Gasteiger charge is 2.46. The number of amides is 2. The van der Waals surface area contributed by atoms with Crippen molar-refractivity contribution in [2.45, 2.75) is 69.6 Å². The number of likely N-dealkylation sites (N-methyl/N-ethyl adjacent to an activating group) is 1. The van der Waals surface area contributed by atoms with E-state index in [4.69, 9.17) is 4.74 Å². The number of para-hydroxylation sites is 1. The van der Waals surface area contributed by atoms with Gasteiger partial charge in [0.1, 0.15) is 17.6 Å². The van der Waals surface area contributed by atoms with Gasteiger partial charge in [-0.05, 0) is 69.9 Å². The van der Waals surface area contributed by atoms with E-state index in [1.807, 2.05) is 43.3 Å². The van der Waals surface area contributed by atoms with Crippen LogP contribution in [0, 0.1) is 5.92 Å². The number of fused-ring (bicyclic) bond motifs is 1. The second-order valence-corrected chi connectivity index (χ2v) is 8.72. The van der Waals surface area contributed by atoms with E-state index in [1.54, 1.807) is 7.05 Å². The molecule has 2 unspecified atom stereocenters. The van der Waals surface area contributed by atoms with Crippen molar-refractivity contribution in [3.63, 3.8) is 0 Å². The molecule has 2 fully saturated rings. The fourth-order valence-corrected chi connectivity index (χ4v) is 5.19. The van der Waals surface area contributed by atoms with Crippen LogP contribution in [0.1, 0.15) is 45.4 Å². The zero-order valence-corrected chi connectivity index (χ0v) is 18.4. The molecule has 2 saturated heterocycles. The van der Waals surface area contributed by atoms with Crippen LogP contribution in [0.2, 0.25) is 0 Å². The Morgan fingerprint density at radius 2 is 1.97 bits per heavy atom. The van der Waals surface area contributed by atoms with Crippen LogP contribution in [0.3, 0.4) is 0 Å². The zero-order valence-electron chi connectivity index (χ0n) is 18.4. The van der Waals surface area contributed by atoms with Gasteiger partial charge in [0, 0.05) is 18.0 Å². The number of rotatable bonds is 7. The SMILES string of the molecule is CCC(NC)C(=O)N[C@H]1CC[C@H]2CC[C@@H](C3C=C(Oc4ccccc4)C=CC3)N2C1=O. The van der Waals surface area contributed by atoms with E-state index < -0.39 is 6.04 Å². The Morgan fingerprint density at radius 1 is 1.19 bits per heavy atom. The van der Waals surface area contributed by atoms with E-state index in [2.05, 4.69) is 27.7 Å². The summed E-state index contributed by atoms with van der Waals surface area (Å²) in [6.45, 7) is 1.97. The summed E-state index contributed by atoms with van der Waals surface area (Å²) < 4.78 is 6.04. The summed E-state index contributed by atoms with van der Waals surface area (Å²) in [7, 11) is 1.78. The Hall–Kier alpha value is -2.60. The van der Waals surface area contributed by atoms with Gasteiger partial charge in [-0.15, -0.1) is 0 Å². The molecular formula is C25H33N3O3. The molecule has 2 N–H and O–H groups in total. The van der Waals surface area contributed by atoms with E-state index in [1.165, 1.54) is 0 Å². The van der Waals surface area contributed by atoms with Gasteiger partial charge in [0.25, 0.3) is 0 Å². The molecule has 4 rings (SSSR count). The molecule has 3 aliphatic rings. The molecule has 6 heteroatoms. The first-order valence-electron chi connectivity index (χ1n) is 11.5. The van der Waals surface area contributed by atoms with E-state index in [0.717, 1.165) is 43.6 Å². The highest BCUT2D eigenvalue weighted by Crippen LogP contribution is 2.38. The summed E-state index contributed by atoms with van der Waals surface area (Å²) >= 11 is 0. The van der Waals surface area contributed by atoms with E-state index >= 15 is 0 Å². The van der Waals surface area contributed by atoms with Gasteiger partial charge in [-0.2, -0.15) is 0 Å². The van der Waals surface area contributed by atoms with E-state index in [-0.39, 0.29) is 35.9 Å². The lowest BCUT2D eigenvalue weighted by Gasteiger charge is -2.41. The molecule has 166 valence electrons. The maximum atomic E-state index is 13.4. The van der Waals surface area contributed by atoms with Crippen molar-refractivity contribution < 1.29 is 14.3 Å². The van der Waals surface area contributed by atoms with Crippen molar-refractivity contribution in [2.75, 3.05) is 7.05 Å². The van der Waals surface area contributed by atoms with Crippen molar-refractivity contribution in [3.8, 4) is 5.75 Å². The van der Waals surface area contributed by atoms with Gasteiger partial charge in [-0.1, -0.05) is 31.2 Å². The first kappa shape index (κ1) is 21.6. The number of hydrogen-bond acceptors (Lipinski definition) is 4. The quantitative estimate of drug-likeness (QED) is 0.707. The summed E-state index contributed by atoms with van der Waals surface area (Å²) in [5.41, 5.74) is 0. The summed E-state index contributed by atoms with van der Waals surface area (Å²) in [5.74, 6) is 1.87. The normalized spacial score (nSPS) is 28.6. The number of ether oxygens (including phenoxy) is 1. The Kier molecular flexibility index (Phi) is 6.76. The molecule has 2 amide bonds. The number of carbonyl (C=O) groups is 2. The molecule has 1 aliphatic carbocycles. The van der Waals surface area contributed by atoms with E-state index in [9.17, 15) is 9.59 Å². The van der Waals surface area contributed by atoms with Crippen LogP contribution in [0.25, 0.3) is 0 Å². The topological polar surface area (TPSA) is 70.7 Å². The standard InChI is InChI=1S/C25H33N3O3/c1-3-21(26-2)24(29)27-22-14-12-18-13-15-23(28(18)25(22)30)17-8-7-11-20(16-17)31-19-9-5-4-6-10-19/h4-7,9-11,16-18,21-23,26H,3,8,12-15H2,1-2H3,(H,27,29)/t17?,18-,21?,22-,23-/m0/s1. The molecule has 2 heterocycles. The van der Waals surface area contributed by atoms with E-state index in [0.29, 0.717) is 6.42 Å². The molecule has 6 nitrogen and oxygen atoms in total. The lowest BCUT2D eigenvalue weighted by Crippen LogP contribution is -2.59. The van der Waals surface area contributed by atoms with Gasteiger partial charge in [0.2, 0.25) is 11.8 Å². The predicted octanol–water partition coefficient (Wildman–Crippen LogP) is 3.16. The van der Waals surface area contributed by atoms with Crippen LogP contribution >= 0.6 is 0 Å². The molecule has 0 radical (unpaired) electrons. The Balaban J connectivity index is 1.45. The first-order chi connectivity index (χ1) is 15.1. The maximum Gasteiger partial charge on any atom is 0.245 e. The Morgan fingerprint density at radius 3 is 2.71 bits per heavy atom. The van der Waals surface area contributed by atoms with Crippen molar-refractivity contribution in [1.82, 2.24) is 15.5 Å². The fourth-order valence-electron chi connectivity index (χ4n) is 5.19. The highest BCUT2D eigenvalue weighted by molar-refractivity contribution is 5.90. The van der Waals surface area contributed by atoms with Crippen molar-refractivity contribution >= 4 is 11.8 Å². The van der Waals surface area contributed by atoms with Crippen LogP contribution in [-0.4, -0.2) is 47.9 Å². The molecule has 2 aliphatic heterocycles. The molecule has 0 saturated carbocycles. The van der Waals surface area contributed by atoms with Gasteiger partial charge in [-0.25, -0.2) is 0 Å². The third-order valence-corrected chi connectivity index (χ3v) is 6.82. The van der Waals surface area contributed by atoms with Gasteiger partial charge >= 0.3 is 0 Å². The molecule has 0 aromatic heterocycles. The molecule has 0 spiro atoms. The fraction of sp³-hybridized carbons (Fsp3) is 0.520. The zero-order chi connectivity index (χ0) is 21.8. The molecule has 31 heavy (non-hydrogen) atoms. The molecule has 5 atom stereocenters. The smallest absolute Gasteiger partial charge is 0.245 e. The summed E-state index contributed by atoms with van der Waals surface area (Å²) in [6.07, 6.45) is 11.6. The third kappa shape index (κ3) is 4.69. The third-order valence-electron chi connectivity index (χ3n) is 6.82. The number of nitrogens with one attached hydrogen (secondary N) is 2. The second-order valence-electron chi connectivity index (χ2n) is 8.72. The average Bonchev–Trinajstić information content (AvgIpc) is 3.22. The predicted molar refractivity (Wildman–Crippen MR) is 120 cm³/mol. The molecule has 0 bridgehead atoms. The summed E-state index contributed by atoms with van der Waals surface area (Å²) in [4.78, 5) is 28.0. The molecule has 1 aromatic rings. The summed E-state index contributed by atoms with van der Waals surface area (Å²) in [6, 6.07) is 9.53. The minimum absolute atomic E-state index is 0.0755. The Labute approximate surface area is 184 Å². The number of carbonyl (C=O) groups excluding carboxylic acids is 2. The van der Waals surface area contributed by atoms with Crippen LogP contribution in [0.15, 0.2) is 54.3 Å². The highest BCUT2D eigenvalue weighted by atomic mass is 16.5. The van der Waals surface area contributed by atoms with Crippen LogP contribution in [-0.2, 0) is 9.59 Å². The van der Waals surface area contributed by atoms with Crippen molar-refractivity contribution in [3.05, 3.63) is 54.3 Å². The second kappa shape index (κ2) is 9.69. The minimum atomic E-state index is -0.421. The summed E-state index contributed by atoms with van der Waals surface area (Å²) in [5, 5.41) is 6.02. The largest absolute Gasteiger partial charge is 0.458 e. The number of hydrogen-bond donors (Lipinski definition) is 2. The number of benzene rings is 1. The van der Waals surface area contributed by atoms with Crippen molar-refractivity contribution in [1.29, 1.82) is 0 Å². The molecular weight excluding hydrogens is 390 g/mol. The number of piperidine rings is 1. The van der Waals surface area contributed by atoms with Crippen molar-refractivity contribution in [2.24, 2.45) is 5.92 Å². The van der Waals surface area contributed by atoms with Crippen LogP contribution in [0.4, 0.5) is 0 Å². The molecule has 1 aromatic carbocycles. The van der Waals surface area contributed by atoms with Gasteiger partial charge in [-0.3, -0.25) is 9.59 Å². The Bertz CT molecular complexity index is 847. The number of allylic oxidation sites excluding steroid dienone is 2. The van der Waals surface area contributed by atoms with Gasteiger partial charge in [0.05, 0.1) is 6.04 Å². The average molecular weight is 424 g/mol. The van der Waals surface area contributed by atoms with Gasteiger partial charge in [0.15, 0.2) is 0 Å². The first-order valence-corrected chi connectivity index (χ1v) is 11.5.